The molecule has 0 aliphatic rings. The van der Waals surface area contributed by atoms with Gasteiger partial charge in [0.05, 0.1) is 11.8 Å². The van der Waals surface area contributed by atoms with Gasteiger partial charge in [-0.2, -0.15) is 0 Å². The first-order valence-corrected chi connectivity index (χ1v) is 7.36. The lowest BCUT2D eigenvalue weighted by molar-refractivity contribution is -0.119. The molecule has 1 N–H and O–H groups in total. The highest BCUT2D eigenvalue weighted by atomic mass is 32.2. The van der Waals surface area contributed by atoms with Gasteiger partial charge in [0.15, 0.2) is 0 Å². The van der Waals surface area contributed by atoms with E-state index in [9.17, 15) is 9.18 Å². The molecule has 0 bridgehead atoms. The lowest BCUT2D eigenvalue weighted by atomic mass is 10.1. The minimum Gasteiger partial charge on any atom is -0.349 e. The fraction of sp³-hybridized carbons (Fsp3) is 0.188. The maximum atomic E-state index is 12.8. The van der Waals surface area contributed by atoms with Crippen LogP contribution < -0.4 is 5.32 Å². The zero-order valence-corrected chi connectivity index (χ0v) is 12.0. The fourth-order valence-electron chi connectivity index (χ4n) is 1.78. The number of carbonyl (C=O) groups excluding carboxylic acids is 1. The maximum absolute atomic E-state index is 12.8. The summed E-state index contributed by atoms with van der Waals surface area (Å²) in [4.78, 5) is 12.9. The third-order valence-corrected chi connectivity index (χ3v) is 3.87. The lowest BCUT2D eigenvalue weighted by Crippen LogP contribution is -2.28. The van der Waals surface area contributed by atoms with Crippen LogP contribution in [0.4, 0.5) is 4.39 Å². The number of halogens is 1. The lowest BCUT2D eigenvalue weighted by Gasteiger charge is -2.14. The zero-order valence-electron chi connectivity index (χ0n) is 11.2. The molecule has 0 fully saturated rings. The van der Waals surface area contributed by atoms with E-state index in [0.717, 1.165) is 10.5 Å². The number of nitrogens with one attached hydrogen (secondary N) is 1. The number of thioether (sulfide) groups is 1. The summed E-state index contributed by atoms with van der Waals surface area (Å²) in [5, 5.41) is 2.90. The third-order valence-electron chi connectivity index (χ3n) is 2.86. The summed E-state index contributed by atoms with van der Waals surface area (Å²) in [6.45, 7) is 1.89. The minimum absolute atomic E-state index is 0.0318. The molecule has 20 heavy (non-hydrogen) atoms. The van der Waals surface area contributed by atoms with Crippen molar-refractivity contribution >= 4 is 17.7 Å². The molecule has 4 heteroatoms. The van der Waals surface area contributed by atoms with Crippen LogP contribution in [0.5, 0.6) is 0 Å². The maximum Gasteiger partial charge on any atom is 0.230 e. The molecule has 0 aromatic heterocycles. The van der Waals surface area contributed by atoms with Gasteiger partial charge in [-0.25, -0.2) is 4.39 Å². The molecule has 0 saturated heterocycles. The Morgan fingerprint density at radius 1 is 1.15 bits per heavy atom. The molecular weight excluding hydrogens is 273 g/mol. The highest BCUT2D eigenvalue weighted by Crippen LogP contribution is 2.17. The molecule has 0 heterocycles. The molecule has 0 spiro atoms. The Hall–Kier alpha value is -1.81. The number of amides is 1. The van der Waals surface area contributed by atoms with E-state index >= 15 is 0 Å². The van der Waals surface area contributed by atoms with Gasteiger partial charge >= 0.3 is 0 Å². The molecule has 2 aromatic rings. The Kier molecular flexibility index (Phi) is 5.18. The smallest absolute Gasteiger partial charge is 0.230 e. The molecule has 1 amide bonds. The average Bonchev–Trinajstić information content (AvgIpc) is 2.47. The van der Waals surface area contributed by atoms with Crippen molar-refractivity contribution in [3.8, 4) is 0 Å². The summed E-state index contributed by atoms with van der Waals surface area (Å²) >= 11 is 1.50. The zero-order chi connectivity index (χ0) is 14.4. The van der Waals surface area contributed by atoms with Crippen molar-refractivity contribution in [2.24, 2.45) is 0 Å². The molecule has 2 aromatic carbocycles. The molecule has 1 atom stereocenters. The predicted molar refractivity (Wildman–Crippen MR) is 80.1 cm³/mol. The summed E-state index contributed by atoms with van der Waals surface area (Å²) in [6, 6.07) is 15.8. The van der Waals surface area contributed by atoms with Crippen molar-refractivity contribution in [2.75, 3.05) is 5.75 Å². The van der Waals surface area contributed by atoms with E-state index in [1.807, 2.05) is 37.3 Å². The van der Waals surface area contributed by atoms with Crippen molar-refractivity contribution in [1.29, 1.82) is 0 Å². The van der Waals surface area contributed by atoms with Crippen LogP contribution in [0.2, 0.25) is 0 Å². The van der Waals surface area contributed by atoms with E-state index in [4.69, 9.17) is 0 Å². The molecule has 2 rings (SSSR count). The highest BCUT2D eigenvalue weighted by Gasteiger charge is 2.09. The minimum atomic E-state index is -0.271. The molecule has 0 radical (unpaired) electrons. The standard InChI is InChI=1S/C16H16FNOS/c1-12(13-7-9-14(17)10-8-13)18-16(19)11-20-15-5-3-2-4-6-15/h2-10,12H,11H2,1H3,(H,18,19)/t12-/m0/s1. The number of rotatable bonds is 5. The van der Waals surface area contributed by atoms with Crippen LogP contribution in [0.25, 0.3) is 0 Å². The van der Waals surface area contributed by atoms with E-state index in [-0.39, 0.29) is 17.8 Å². The van der Waals surface area contributed by atoms with Crippen molar-refractivity contribution in [3.05, 3.63) is 66.0 Å². The molecule has 0 unspecified atom stereocenters. The van der Waals surface area contributed by atoms with Crippen LogP contribution in [0.1, 0.15) is 18.5 Å². The Balaban J connectivity index is 1.83. The molecule has 0 aliphatic heterocycles. The monoisotopic (exact) mass is 289 g/mol. The first kappa shape index (κ1) is 14.6. The van der Waals surface area contributed by atoms with Crippen molar-refractivity contribution in [1.82, 2.24) is 5.32 Å². The summed E-state index contributed by atoms with van der Waals surface area (Å²) in [7, 11) is 0. The first-order valence-electron chi connectivity index (χ1n) is 6.38. The topological polar surface area (TPSA) is 29.1 Å². The van der Waals surface area contributed by atoms with Crippen LogP contribution in [0.3, 0.4) is 0 Å². The third kappa shape index (κ3) is 4.38. The van der Waals surface area contributed by atoms with E-state index < -0.39 is 0 Å². The Bertz CT molecular complexity index is 556. The van der Waals surface area contributed by atoms with E-state index in [2.05, 4.69) is 5.32 Å². The molecule has 104 valence electrons. The summed E-state index contributed by atoms with van der Waals surface area (Å²) < 4.78 is 12.8. The highest BCUT2D eigenvalue weighted by molar-refractivity contribution is 8.00. The quantitative estimate of drug-likeness (QED) is 0.848. The summed E-state index contributed by atoms with van der Waals surface area (Å²) in [6.07, 6.45) is 0. The van der Waals surface area contributed by atoms with Gasteiger partial charge in [0.25, 0.3) is 0 Å². The first-order chi connectivity index (χ1) is 9.65. The molecule has 0 aliphatic carbocycles. The van der Waals surface area contributed by atoms with Crippen molar-refractivity contribution in [2.45, 2.75) is 17.9 Å². The number of benzene rings is 2. The largest absolute Gasteiger partial charge is 0.349 e. The van der Waals surface area contributed by atoms with Gasteiger partial charge in [-0.15, -0.1) is 11.8 Å². The van der Waals surface area contributed by atoms with Gasteiger partial charge in [-0.3, -0.25) is 4.79 Å². The summed E-state index contributed by atoms with van der Waals surface area (Å²) in [5.74, 6) is 0.0674. The molecule has 2 nitrogen and oxygen atoms in total. The van der Waals surface area contributed by atoms with Gasteiger partial charge in [-0.1, -0.05) is 30.3 Å². The summed E-state index contributed by atoms with van der Waals surface area (Å²) in [5.41, 5.74) is 0.893. The number of carbonyl (C=O) groups is 1. The van der Waals surface area contributed by atoms with Gasteiger partial charge in [0, 0.05) is 4.90 Å². The van der Waals surface area contributed by atoms with Gasteiger partial charge in [-0.05, 0) is 36.8 Å². The number of hydrogen-bond acceptors (Lipinski definition) is 2. The van der Waals surface area contributed by atoms with Crippen LogP contribution in [0.15, 0.2) is 59.5 Å². The van der Waals surface area contributed by atoms with Crippen molar-refractivity contribution in [3.63, 3.8) is 0 Å². The molecule has 0 saturated carbocycles. The second-order valence-corrected chi connectivity index (χ2v) is 5.49. The fourth-order valence-corrected chi connectivity index (χ4v) is 2.51. The van der Waals surface area contributed by atoms with Gasteiger partial charge in [0.2, 0.25) is 5.91 Å². The Morgan fingerprint density at radius 2 is 1.80 bits per heavy atom. The average molecular weight is 289 g/mol. The van der Waals surface area contributed by atoms with Crippen LogP contribution in [0, 0.1) is 5.82 Å². The van der Waals surface area contributed by atoms with E-state index in [0.29, 0.717) is 5.75 Å². The van der Waals surface area contributed by atoms with Gasteiger partial charge in [0.1, 0.15) is 5.82 Å². The predicted octanol–water partition coefficient (Wildman–Crippen LogP) is 3.80. The van der Waals surface area contributed by atoms with Crippen LogP contribution in [-0.4, -0.2) is 11.7 Å². The normalized spacial score (nSPS) is 11.9. The van der Waals surface area contributed by atoms with Crippen LogP contribution in [-0.2, 0) is 4.79 Å². The second kappa shape index (κ2) is 7.10. The SMILES string of the molecule is C[C@H](NC(=O)CSc1ccccc1)c1ccc(F)cc1. The van der Waals surface area contributed by atoms with Gasteiger partial charge < -0.3 is 5.32 Å². The van der Waals surface area contributed by atoms with E-state index in [1.165, 1.54) is 23.9 Å². The van der Waals surface area contributed by atoms with Crippen molar-refractivity contribution < 1.29 is 9.18 Å². The Labute approximate surface area is 122 Å². The second-order valence-electron chi connectivity index (χ2n) is 4.44. The Morgan fingerprint density at radius 3 is 2.45 bits per heavy atom. The number of hydrogen-bond donors (Lipinski definition) is 1. The van der Waals surface area contributed by atoms with Crippen LogP contribution >= 0.6 is 11.8 Å². The van der Waals surface area contributed by atoms with E-state index in [1.54, 1.807) is 12.1 Å². The molecular formula is C16H16FNOS.